The Balaban J connectivity index is 2.82. The van der Waals surface area contributed by atoms with Gasteiger partial charge in [-0.15, -0.1) is 0 Å². The Morgan fingerprint density at radius 2 is 2.14 bits per heavy atom. The first-order chi connectivity index (χ1) is 6.49. The molecule has 14 heavy (non-hydrogen) atoms. The number of methoxy groups -OCH3 is 1. The fraction of sp³-hybridized carbons (Fsp3) is 0.500. The SMILES string of the molecule is COC(=O)C(C)C1C=CC=CC1(F)F. The van der Waals surface area contributed by atoms with Crippen LogP contribution in [0.15, 0.2) is 24.3 Å². The highest BCUT2D eigenvalue weighted by molar-refractivity contribution is 5.72. The number of rotatable bonds is 2. The van der Waals surface area contributed by atoms with E-state index in [2.05, 4.69) is 4.74 Å². The van der Waals surface area contributed by atoms with Crippen molar-refractivity contribution in [2.45, 2.75) is 12.8 Å². The summed E-state index contributed by atoms with van der Waals surface area (Å²) in [6.07, 6.45) is 4.93. The first-order valence-electron chi connectivity index (χ1n) is 4.30. The summed E-state index contributed by atoms with van der Waals surface area (Å²) in [5, 5.41) is 0. The minimum absolute atomic E-state index is 0.616. The highest BCUT2D eigenvalue weighted by atomic mass is 19.3. The number of halogens is 2. The Morgan fingerprint density at radius 1 is 1.50 bits per heavy atom. The molecule has 0 aromatic heterocycles. The quantitative estimate of drug-likeness (QED) is 0.641. The van der Waals surface area contributed by atoms with Gasteiger partial charge in [-0.2, -0.15) is 0 Å². The average Bonchev–Trinajstić information content (AvgIpc) is 2.15. The number of carbonyl (C=O) groups is 1. The molecular weight excluding hydrogens is 190 g/mol. The van der Waals surface area contributed by atoms with Gasteiger partial charge in [0.15, 0.2) is 0 Å². The Labute approximate surface area is 81.2 Å². The molecule has 0 aliphatic heterocycles. The van der Waals surface area contributed by atoms with Crippen molar-refractivity contribution in [3.63, 3.8) is 0 Å². The normalized spacial score (nSPS) is 25.9. The van der Waals surface area contributed by atoms with Gasteiger partial charge in [-0.05, 0) is 6.08 Å². The van der Waals surface area contributed by atoms with Crippen LogP contribution in [0.3, 0.4) is 0 Å². The number of carbonyl (C=O) groups excluding carboxylic acids is 1. The van der Waals surface area contributed by atoms with Crippen LogP contribution in [-0.4, -0.2) is 19.0 Å². The molecule has 2 unspecified atom stereocenters. The molecule has 1 aliphatic carbocycles. The van der Waals surface area contributed by atoms with E-state index in [-0.39, 0.29) is 0 Å². The molecule has 0 spiro atoms. The third kappa shape index (κ3) is 2.00. The van der Waals surface area contributed by atoms with Gasteiger partial charge in [0.05, 0.1) is 18.9 Å². The van der Waals surface area contributed by atoms with Crippen LogP contribution in [0.1, 0.15) is 6.92 Å². The van der Waals surface area contributed by atoms with Crippen molar-refractivity contribution in [2.24, 2.45) is 11.8 Å². The summed E-state index contributed by atoms with van der Waals surface area (Å²) in [5.74, 6) is -5.53. The van der Waals surface area contributed by atoms with Gasteiger partial charge in [-0.3, -0.25) is 4.79 Å². The Kier molecular flexibility index (Phi) is 3.03. The molecule has 0 saturated heterocycles. The number of esters is 1. The lowest BCUT2D eigenvalue weighted by atomic mass is 9.85. The fourth-order valence-electron chi connectivity index (χ4n) is 1.44. The molecule has 0 saturated carbocycles. The summed E-state index contributed by atoms with van der Waals surface area (Å²) >= 11 is 0. The van der Waals surface area contributed by atoms with Gasteiger partial charge >= 0.3 is 5.97 Å². The summed E-state index contributed by atoms with van der Waals surface area (Å²) < 4.78 is 31.0. The molecule has 2 nitrogen and oxygen atoms in total. The zero-order valence-corrected chi connectivity index (χ0v) is 8.04. The number of allylic oxidation sites excluding steroid dienone is 4. The molecule has 0 amide bonds. The maximum absolute atomic E-state index is 13.3. The number of alkyl halides is 2. The van der Waals surface area contributed by atoms with Crippen LogP contribution in [0, 0.1) is 11.8 Å². The predicted molar refractivity (Wildman–Crippen MR) is 47.9 cm³/mol. The van der Waals surface area contributed by atoms with E-state index in [0.717, 1.165) is 6.08 Å². The van der Waals surface area contributed by atoms with E-state index in [1.54, 1.807) is 0 Å². The molecule has 0 aromatic carbocycles. The lowest BCUT2D eigenvalue weighted by Crippen LogP contribution is -2.35. The van der Waals surface area contributed by atoms with Crippen LogP contribution >= 0.6 is 0 Å². The van der Waals surface area contributed by atoms with Crippen molar-refractivity contribution in [3.8, 4) is 0 Å². The highest BCUT2D eigenvalue weighted by Gasteiger charge is 2.42. The van der Waals surface area contributed by atoms with Crippen LogP contribution in [0.5, 0.6) is 0 Å². The summed E-state index contributed by atoms with van der Waals surface area (Å²) in [7, 11) is 1.19. The molecule has 2 atom stereocenters. The molecule has 0 radical (unpaired) electrons. The number of hydrogen-bond acceptors (Lipinski definition) is 2. The summed E-state index contributed by atoms with van der Waals surface area (Å²) in [6.45, 7) is 1.44. The van der Waals surface area contributed by atoms with Gasteiger partial charge in [-0.1, -0.05) is 25.2 Å². The maximum Gasteiger partial charge on any atom is 0.309 e. The van der Waals surface area contributed by atoms with Gasteiger partial charge in [0.2, 0.25) is 0 Å². The largest absolute Gasteiger partial charge is 0.469 e. The lowest BCUT2D eigenvalue weighted by Gasteiger charge is -2.27. The standard InChI is InChI=1S/C10H12F2O2/c1-7(9(13)14-2)8-5-3-4-6-10(8,11)12/h3-8H,1-2H3. The third-order valence-electron chi connectivity index (χ3n) is 2.30. The number of ether oxygens (including phenoxy) is 1. The molecule has 0 aromatic rings. The molecule has 0 N–H and O–H groups in total. The maximum atomic E-state index is 13.3. The molecular formula is C10H12F2O2. The van der Waals surface area contributed by atoms with Gasteiger partial charge < -0.3 is 4.74 Å². The van der Waals surface area contributed by atoms with Crippen LogP contribution < -0.4 is 0 Å². The summed E-state index contributed by atoms with van der Waals surface area (Å²) in [5.41, 5.74) is 0. The zero-order valence-electron chi connectivity index (χ0n) is 8.04. The highest BCUT2D eigenvalue weighted by Crippen LogP contribution is 2.35. The lowest BCUT2D eigenvalue weighted by molar-refractivity contribution is -0.150. The second-order valence-electron chi connectivity index (χ2n) is 3.26. The van der Waals surface area contributed by atoms with Crippen LogP contribution in [0.4, 0.5) is 8.78 Å². The van der Waals surface area contributed by atoms with E-state index in [1.165, 1.54) is 32.3 Å². The van der Waals surface area contributed by atoms with Crippen molar-refractivity contribution >= 4 is 5.97 Å². The molecule has 0 fully saturated rings. The van der Waals surface area contributed by atoms with Gasteiger partial charge in [-0.25, -0.2) is 8.78 Å². The van der Waals surface area contributed by atoms with Crippen LogP contribution in [-0.2, 0) is 9.53 Å². The van der Waals surface area contributed by atoms with Crippen molar-refractivity contribution in [1.29, 1.82) is 0 Å². The Hall–Kier alpha value is -1.19. The molecule has 1 rings (SSSR count). The summed E-state index contributed by atoms with van der Waals surface area (Å²) in [6, 6.07) is 0. The number of hydrogen-bond donors (Lipinski definition) is 0. The van der Waals surface area contributed by atoms with Crippen molar-refractivity contribution in [3.05, 3.63) is 24.3 Å². The van der Waals surface area contributed by atoms with Crippen molar-refractivity contribution in [2.75, 3.05) is 7.11 Å². The van der Waals surface area contributed by atoms with E-state index in [1.807, 2.05) is 0 Å². The van der Waals surface area contributed by atoms with E-state index in [4.69, 9.17) is 0 Å². The first-order valence-corrected chi connectivity index (χ1v) is 4.30. The van der Waals surface area contributed by atoms with Gasteiger partial charge in [0, 0.05) is 0 Å². The molecule has 4 heteroatoms. The monoisotopic (exact) mass is 202 g/mol. The van der Waals surface area contributed by atoms with Gasteiger partial charge in [0.25, 0.3) is 5.92 Å². The third-order valence-corrected chi connectivity index (χ3v) is 2.30. The molecule has 78 valence electrons. The molecule has 1 aliphatic rings. The van der Waals surface area contributed by atoms with Crippen LogP contribution in [0.2, 0.25) is 0 Å². The fourth-order valence-corrected chi connectivity index (χ4v) is 1.44. The minimum atomic E-state index is -2.97. The summed E-state index contributed by atoms with van der Waals surface area (Å²) in [4.78, 5) is 11.1. The van der Waals surface area contributed by atoms with Crippen LogP contribution in [0.25, 0.3) is 0 Å². The second kappa shape index (κ2) is 3.90. The van der Waals surface area contributed by atoms with Crippen molar-refractivity contribution < 1.29 is 18.3 Å². The molecule has 0 heterocycles. The topological polar surface area (TPSA) is 26.3 Å². The van der Waals surface area contributed by atoms with E-state index in [0.29, 0.717) is 0 Å². The predicted octanol–water partition coefficient (Wildman–Crippen LogP) is 2.17. The zero-order chi connectivity index (χ0) is 10.8. The van der Waals surface area contributed by atoms with Crippen molar-refractivity contribution in [1.82, 2.24) is 0 Å². The Morgan fingerprint density at radius 3 is 2.64 bits per heavy atom. The van der Waals surface area contributed by atoms with Gasteiger partial charge in [0.1, 0.15) is 0 Å². The second-order valence-corrected chi connectivity index (χ2v) is 3.26. The average molecular weight is 202 g/mol. The van der Waals surface area contributed by atoms with E-state index in [9.17, 15) is 13.6 Å². The van der Waals surface area contributed by atoms with E-state index < -0.39 is 23.7 Å². The first kappa shape index (κ1) is 10.9. The smallest absolute Gasteiger partial charge is 0.309 e. The molecule has 0 bridgehead atoms. The Bertz CT molecular complexity index is 282. The minimum Gasteiger partial charge on any atom is -0.469 e. The van der Waals surface area contributed by atoms with E-state index >= 15 is 0 Å².